The minimum atomic E-state index is -2.62. The van der Waals surface area contributed by atoms with Gasteiger partial charge >= 0.3 is 0 Å². The molecule has 0 saturated carbocycles. The molecule has 14 heavy (non-hydrogen) atoms. The normalized spacial score (nSPS) is 10.2. The Morgan fingerprint density at radius 1 is 1.79 bits per heavy atom. The van der Waals surface area contributed by atoms with Crippen molar-refractivity contribution in [2.24, 2.45) is 0 Å². The first-order valence-corrected chi connectivity index (χ1v) is 3.85. The molecule has 0 atom stereocenters. The summed E-state index contributed by atoms with van der Waals surface area (Å²) in [5.41, 5.74) is 0.00422. The highest BCUT2D eigenvalue weighted by molar-refractivity contribution is 5.86. The molecule has 0 fully saturated rings. The third kappa shape index (κ3) is 2.38. The van der Waals surface area contributed by atoms with E-state index in [0.717, 1.165) is 6.08 Å². The van der Waals surface area contributed by atoms with Crippen LogP contribution in [0, 0.1) is 0 Å². The lowest BCUT2D eigenvalue weighted by atomic mass is 10.2. The zero-order valence-electron chi connectivity index (χ0n) is 7.26. The van der Waals surface area contributed by atoms with Crippen LogP contribution in [0.4, 0.5) is 8.78 Å². The van der Waals surface area contributed by atoms with E-state index in [1.54, 1.807) is 0 Å². The summed E-state index contributed by atoms with van der Waals surface area (Å²) in [6.45, 7) is 3.25. The van der Waals surface area contributed by atoms with Crippen molar-refractivity contribution < 1.29 is 13.6 Å². The van der Waals surface area contributed by atoms with Gasteiger partial charge in [0.05, 0.1) is 6.20 Å². The minimum Gasteiger partial charge on any atom is -0.348 e. The van der Waals surface area contributed by atoms with Crippen LogP contribution < -0.4 is 5.32 Å². The number of nitrogens with zero attached hydrogens (tertiary/aromatic N) is 1. The number of aromatic amines is 1. The van der Waals surface area contributed by atoms with Crippen molar-refractivity contribution >= 4 is 5.91 Å². The van der Waals surface area contributed by atoms with Crippen molar-refractivity contribution in [2.75, 3.05) is 0 Å². The number of carbonyl (C=O) groups excluding carboxylic acids is 1. The lowest BCUT2D eigenvalue weighted by molar-refractivity contribution is -0.116. The van der Waals surface area contributed by atoms with Gasteiger partial charge in [0.15, 0.2) is 0 Å². The molecule has 1 rings (SSSR count). The van der Waals surface area contributed by atoms with Gasteiger partial charge in [-0.15, -0.1) is 0 Å². The van der Waals surface area contributed by atoms with Gasteiger partial charge in [0, 0.05) is 12.1 Å². The lowest BCUT2D eigenvalue weighted by Crippen LogP contribution is -2.20. The van der Waals surface area contributed by atoms with Gasteiger partial charge in [0.25, 0.3) is 6.43 Å². The van der Waals surface area contributed by atoms with Gasteiger partial charge in [-0.05, 0) is 6.08 Å². The SMILES string of the molecule is C=CC(=O)NCc1cn[nH]c1C(F)F. The van der Waals surface area contributed by atoms with E-state index in [9.17, 15) is 13.6 Å². The van der Waals surface area contributed by atoms with Crippen molar-refractivity contribution in [3.8, 4) is 0 Å². The molecule has 0 saturated heterocycles. The Balaban J connectivity index is 2.62. The standard InChI is InChI=1S/C8H9F2N3O/c1-2-6(14)11-3-5-4-12-13-7(5)8(9)10/h2,4,8H,1,3H2,(H,11,14)(H,12,13). The predicted molar refractivity (Wildman–Crippen MR) is 45.6 cm³/mol. The van der Waals surface area contributed by atoms with Gasteiger partial charge < -0.3 is 5.32 Å². The summed E-state index contributed by atoms with van der Waals surface area (Å²) >= 11 is 0. The molecule has 0 aliphatic heterocycles. The van der Waals surface area contributed by atoms with E-state index in [1.807, 2.05) is 0 Å². The van der Waals surface area contributed by atoms with Gasteiger partial charge in [-0.1, -0.05) is 6.58 Å². The molecule has 0 bridgehead atoms. The highest BCUT2D eigenvalue weighted by Crippen LogP contribution is 2.19. The maximum Gasteiger partial charge on any atom is 0.280 e. The summed E-state index contributed by atoms with van der Waals surface area (Å²) in [5.74, 6) is -0.411. The average molecular weight is 201 g/mol. The largest absolute Gasteiger partial charge is 0.348 e. The Morgan fingerprint density at radius 3 is 3.07 bits per heavy atom. The number of alkyl halides is 2. The van der Waals surface area contributed by atoms with Crippen LogP contribution in [0.25, 0.3) is 0 Å². The van der Waals surface area contributed by atoms with E-state index in [4.69, 9.17) is 0 Å². The monoisotopic (exact) mass is 201 g/mol. The number of hydrogen-bond donors (Lipinski definition) is 2. The third-order valence-corrected chi connectivity index (χ3v) is 1.61. The minimum absolute atomic E-state index is 0.0149. The zero-order valence-corrected chi connectivity index (χ0v) is 7.26. The van der Waals surface area contributed by atoms with Crippen molar-refractivity contribution in [3.05, 3.63) is 30.1 Å². The first-order valence-electron chi connectivity index (χ1n) is 3.85. The molecule has 6 heteroatoms. The zero-order chi connectivity index (χ0) is 10.6. The number of aromatic nitrogens is 2. The molecule has 1 aromatic heterocycles. The molecular weight excluding hydrogens is 192 g/mol. The Bertz CT molecular complexity index is 335. The van der Waals surface area contributed by atoms with Crippen molar-refractivity contribution in [2.45, 2.75) is 13.0 Å². The lowest BCUT2D eigenvalue weighted by Gasteiger charge is -2.02. The number of carbonyl (C=O) groups is 1. The van der Waals surface area contributed by atoms with Gasteiger partial charge in [-0.25, -0.2) is 8.78 Å². The van der Waals surface area contributed by atoms with Gasteiger partial charge in [-0.3, -0.25) is 9.89 Å². The predicted octanol–water partition coefficient (Wildman–Crippen LogP) is 1.15. The van der Waals surface area contributed by atoms with E-state index < -0.39 is 12.3 Å². The molecule has 0 aliphatic carbocycles. The Morgan fingerprint density at radius 2 is 2.50 bits per heavy atom. The van der Waals surface area contributed by atoms with E-state index in [1.165, 1.54) is 6.20 Å². The fraction of sp³-hybridized carbons (Fsp3) is 0.250. The maximum absolute atomic E-state index is 12.3. The summed E-state index contributed by atoms with van der Waals surface area (Å²) in [4.78, 5) is 10.7. The summed E-state index contributed by atoms with van der Waals surface area (Å²) in [6, 6.07) is 0. The van der Waals surface area contributed by atoms with Crippen LogP contribution in [-0.2, 0) is 11.3 Å². The van der Waals surface area contributed by atoms with Crippen molar-refractivity contribution in [3.63, 3.8) is 0 Å². The number of H-pyrrole nitrogens is 1. The molecule has 1 amide bonds. The van der Waals surface area contributed by atoms with Crippen LogP contribution in [0.5, 0.6) is 0 Å². The molecule has 2 N–H and O–H groups in total. The second-order valence-corrected chi connectivity index (χ2v) is 2.53. The molecular formula is C8H9F2N3O. The van der Waals surface area contributed by atoms with E-state index in [0.29, 0.717) is 0 Å². The Hall–Kier alpha value is -1.72. The van der Waals surface area contributed by atoms with Gasteiger partial charge in [0.2, 0.25) is 5.91 Å². The summed E-state index contributed by atoms with van der Waals surface area (Å²) in [7, 11) is 0. The van der Waals surface area contributed by atoms with Crippen LogP contribution >= 0.6 is 0 Å². The molecule has 0 spiro atoms. The highest BCUT2D eigenvalue weighted by atomic mass is 19.3. The van der Waals surface area contributed by atoms with Crippen LogP contribution in [-0.4, -0.2) is 16.1 Å². The van der Waals surface area contributed by atoms with Crippen LogP contribution in [0.1, 0.15) is 17.7 Å². The summed E-state index contributed by atoms with van der Waals surface area (Å²) in [5, 5.41) is 8.01. The molecule has 0 unspecified atom stereocenters. The topological polar surface area (TPSA) is 57.8 Å². The number of halogens is 2. The van der Waals surface area contributed by atoms with Gasteiger partial charge in [0.1, 0.15) is 5.69 Å². The molecule has 1 aromatic rings. The molecule has 1 heterocycles. The first-order chi connectivity index (χ1) is 6.65. The molecule has 4 nitrogen and oxygen atoms in total. The van der Waals surface area contributed by atoms with Gasteiger partial charge in [-0.2, -0.15) is 5.10 Å². The number of nitrogens with one attached hydrogen (secondary N) is 2. The fourth-order valence-electron chi connectivity index (χ4n) is 0.905. The average Bonchev–Trinajstić information content (AvgIpc) is 2.62. The Labute approximate surface area is 79.0 Å². The number of amides is 1. The highest BCUT2D eigenvalue weighted by Gasteiger charge is 2.14. The van der Waals surface area contributed by atoms with Crippen molar-refractivity contribution in [1.82, 2.24) is 15.5 Å². The molecule has 0 aromatic carbocycles. The number of rotatable bonds is 4. The summed E-state index contributed by atoms with van der Waals surface area (Å²) < 4.78 is 24.5. The molecule has 76 valence electrons. The second-order valence-electron chi connectivity index (χ2n) is 2.53. The van der Waals surface area contributed by atoms with Crippen LogP contribution in [0.3, 0.4) is 0 Å². The quantitative estimate of drug-likeness (QED) is 0.718. The van der Waals surface area contributed by atoms with Crippen molar-refractivity contribution in [1.29, 1.82) is 0 Å². The van der Waals surface area contributed by atoms with Crippen LogP contribution in [0.2, 0.25) is 0 Å². The Kier molecular flexibility index (Phi) is 3.33. The first kappa shape index (κ1) is 10.4. The van der Waals surface area contributed by atoms with E-state index in [-0.39, 0.29) is 17.8 Å². The third-order valence-electron chi connectivity index (χ3n) is 1.61. The second kappa shape index (κ2) is 4.50. The van der Waals surface area contributed by atoms with E-state index in [2.05, 4.69) is 22.1 Å². The number of hydrogen-bond acceptors (Lipinski definition) is 2. The van der Waals surface area contributed by atoms with E-state index >= 15 is 0 Å². The smallest absolute Gasteiger partial charge is 0.280 e. The summed E-state index contributed by atoms with van der Waals surface area (Å²) in [6.07, 6.45) is -0.291. The fourth-order valence-corrected chi connectivity index (χ4v) is 0.905. The molecule has 0 radical (unpaired) electrons. The maximum atomic E-state index is 12.3. The van der Waals surface area contributed by atoms with Crippen LogP contribution in [0.15, 0.2) is 18.9 Å². The molecule has 0 aliphatic rings.